The first-order chi connectivity index (χ1) is 7.65. The molecular weight excluding hydrogens is 213 g/mol. The summed E-state index contributed by atoms with van der Waals surface area (Å²) in [5.74, 6) is -0.0756. The van der Waals surface area contributed by atoms with Gasteiger partial charge in [-0.1, -0.05) is 12.1 Å². The van der Waals surface area contributed by atoms with Gasteiger partial charge < -0.3 is 10.4 Å². The van der Waals surface area contributed by atoms with E-state index in [1.807, 2.05) is 0 Å². The molecule has 0 radical (unpaired) electrons. The van der Waals surface area contributed by atoms with E-state index in [-0.39, 0.29) is 17.8 Å². The predicted molar refractivity (Wildman–Crippen MR) is 55.7 cm³/mol. The number of amides is 1. The van der Waals surface area contributed by atoms with Crippen LogP contribution in [0.25, 0.3) is 0 Å². The van der Waals surface area contributed by atoms with Crippen molar-refractivity contribution in [3.63, 3.8) is 0 Å². The minimum absolute atomic E-state index is 0.109. The molecule has 84 valence electrons. The SMILES string of the molecule is O=C(O)NC1=NCC(c2ccc(F)cc2)N1. The normalized spacial score (nSPS) is 18.8. The van der Waals surface area contributed by atoms with E-state index in [4.69, 9.17) is 5.11 Å². The monoisotopic (exact) mass is 223 g/mol. The summed E-state index contributed by atoms with van der Waals surface area (Å²) in [5, 5.41) is 13.5. The molecule has 0 bridgehead atoms. The highest BCUT2D eigenvalue weighted by atomic mass is 19.1. The Labute approximate surface area is 91.0 Å². The predicted octanol–water partition coefficient (Wildman–Crippen LogP) is 1.09. The van der Waals surface area contributed by atoms with Gasteiger partial charge in [-0.3, -0.25) is 10.3 Å². The van der Waals surface area contributed by atoms with Crippen LogP contribution < -0.4 is 10.6 Å². The fraction of sp³-hybridized carbons (Fsp3) is 0.200. The molecule has 0 aliphatic carbocycles. The van der Waals surface area contributed by atoms with Crippen molar-refractivity contribution in [1.29, 1.82) is 0 Å². The minimum Gasteiger partial charge on any atom is -0.465 e. The van der Waals surface area contributed by atoms with E-state index in [9.17, 15) is 9.18 Å². The zero-order valence-corrected chi connectivity index (χ0v) is 8.27. The summed E-state index contributed by atoms with van der Waals surface area (Å²) in [4.78, 5) is 14.3. The van der Waals surface area contributed by atoms with Crippen LogP contribution in [-0.4, -0.2) is 23.7 Å². The van der Waals surface area contributed by atoms with Crippen molar-refractivity contribution in [2.45, 2.75) is 6.04 Å². The second-order valence-electron chi connectivity index (χ2n) is 3.37. The number of nitrogens with zero attached hydrogens (tertiary/aromatic N) is 1. The topological polar surface area (TPSA) is 73.7 Å². The molecule has 3 N–H and O–H groups in total. The Hall–Kier alpha value is -2.11. The molecule has 16 heavy (non-hydrogen) atoms. The molecule has 0 aromatic heterocycles. The summed E-state index contributed by atoms with van der Waals surface area (Å²) in [5.41, 5.74) is 0.868. The average molecular weight is 223 g/mol. The first-order valence-electron chi connectivity index (χ1n) is 4.71. The maximum absolute atomic E-state index is 12.7. The number of aliphatic imine (C=N–C) groups is 1. The highest BCUT2D eigenvalue weighted by molar-refractivity contribution is 5.94. The molecule has 1 atom stereocenters. The average Bonchev–Trinajstić information content (AvgIpc) is 2.66. The van der Waals surface area contributed by atoms with Crippen LogP contribution in [0, 0.1) is 5.82 Å². The third-order valence-electron chi connectivity index (χ3n) is 2.24. The van der Waals surface area contributed by atoms with E-state index in [2.05, 4.69) is 15.6 Å². The van der Waals surface area contributed by atoms with Crippen LogP contribution in [0.5, 0.6) is 0 Å². The molecule has 5 nitrogen and oxygen atoms in total. The van der Waals surface area contributed by atoms with E-state index in [1.54, 1.807) is 12.1 Å². The van der Waals surface area contributed by atoms with E-state index in [0.29, 0.717) is 6.54 Å². The standard InChI is InChI=1S/C10H10FN3O2/c11-7-3-1-6(2-4-7)8-5-12-9(13-8)14-10(15)16/h1-4,8H,5H2,(H,15,16)(H2,12,13,14). The molecule has 1 aromatic rings. The van der Waals surface area contributed by atoms with Crippen LogP contribution in [0.1, 0.15) is 11.6 Å². The lowest BCUT2D eigenvalue weighted by Crippen LogP contribution is -2.38. The Balaban J connectivity index is 2.00. The number of guanidine groups is 1. The van der Waals surface area contributed by atoms with E-state index in [1.165, 1.54) is 12.1 Å². The Morgan fingerprint density at radius 1 is 1.50 bits per heavy atom. The van der Waals surface area contributed by atoms with Crippen LogP contribution in [0.2, 0.25) is 0 Å². The van der Waals surface area contributed by atoms with Gasteiger partial charge in [0.05, 0.1) is 12.6 Å². The molecular formula is C10H10FN3O2. The van der Waals surface area contributed by atoms with Gasteiger partial charge in [-0.2, -0.15) is 0 Å². The zero-order chi connectivity index (χ0) is 11.5. The number of nitrogens with one attached hydrogen (secondary N) is 2. The number of halogens is 1. The molecule has 1 aliphatic rings. The zero-order valence-electron chi connectivity index (χ0n) is 8.27. The van der Waals surface area contributed by atoms with Crippen LogP contribution in [0.4, 0.5) is 9.18 Å². The fourth-order valence-electron chi connectivity index (χ4n) is 1.50. The number of carboxylic acid groups (broad SMARTS) is 1. The van der Waals surface area contributed by atoms with Crippen LogP contribution in [-0.2, 0) is 0 Å². The maximum atomic E-state index is 12.7. The number of carbonyl (C=O) groups is 1. The molecule has 0 saturated carbocycles. The lowest BCUT2D eigenvalue weighted by Gasteiger charge is -2.11. The summed E-state index contributed by atoms with van der Waals surface area (Å²) in [6, 6.07) is 5.90. The first kappa shape index (κ1) is 10.4. The van der Waals surface area contributed by atoms with Gasteiger partial charge >= 0.3 is 6.09 Å². The molecule has 1 heterocycles. The summed E-state index contributed by atoms with van der Waals surface area (Å²) in [6.45, 7) is 0.432. The second kappa shape index (κ2) is 4.18. The smallest absolute Gasteiger partial charge is 0.411 e. The van der Waals surface area contributed by atoms with Gasteiger partial charge in [0.2, 0.25) is 5.96 Å². The highest BCUT2D eigenvalue weighted by Crippen LogP contribution is 2.16. The van der Waals surface area contributed by atoms with Gasteiger partial charge in [-0.15, -0.1) is 0 Å². The number of hydrogen-bond donors (Lipinski definition) is 3. The van der Waals surface area contributed by atoms with Crippen molar-refractivity contribution >= 4 is 12.1 Å². The van der Waals surface area contributed by atoms with Gasteiger partial charge in [0.25, 0.3) is 0 Å². The van der Waals surface area contributed by atoms with Crippen molar-refractivity contribution in [2.24, 2.45) is 4.99 Å². The minimum atomic E-state index is -1.16. The number of rotatable bonds is 1. The van der Waals surface area contributed by atoms with Gasteiger partial charge in [0.1, 0.15) is 5.82 Å². The van der Waals surface area contributed by atoms with Crippen molar-refractivity contribution in [3.05, 3.63) is 35.6 Å². The van der Waals surface area contributed by atoms with Gasteiger partial charge in [-0.05, 0) is 17.7 Å². The van der Waals surface area contributed by atoms with Crippen molar-refractivity contribution in [3.8, 4) is 0 Å². The third-order valence-corrected chi connectivity index (χ3v) is 2.24. The van der Waals surface area contributed by atoms with Crippen molar-refractivity contribution < 1.29 is 14.3 Å². The molecule has 1 unspecified atom stereocenters. The Morgan fingerprint density at radius 3 is 2.81 bits per heavy atom. The van der Waals surface area contributed by atoms with E-state index >= 15 is 0 Å². The first-order valence-corrected chi connectivity index (χ1v) is 4.71. The molecule has 1 aliphatic heterocycles. The Bertz CT molecular complexity index is 430. The Kier molecular flexibility index (Phi) is 2.72. The lowest BCUT2D eigenvalue weighted by atomic mass is 10.1. The maximum Gasteiger partial charge on any atom is 0.411 e. The highest BCUT2D eigenvalue weighted by Gasteiger charge is 2.19. The Morgan fingerprint density at radius 2 is 2.19 bits per heavy atom. The van der Waals surface area contributed by atoms with Crippen LogP contribution >= 0.6 is 0 Å². The summed E-state index contributed by atoms with van der Waals surface area (Å²) in [7, 11) is 0. The number of hydrogen-bond acceptors (Lipinski definition) is 3. The molecule has 0 saturated heterocycles. The van der Waals surface area contributed by atoms with Crippen molar-refractivity contribution in [1.82, 2.24) is 10.6 Å². The summed E-state index contributed by atoms with van der Waals surface area (Å²) >= 11 is 0. The quantitative estimate of drug-likeness (QED) is 0.667. The fourth-order valence-corrected chi connectivity index (χ4v) is 1.50. The third kappa shape index (κ3) is 2.28. The summed E-state index contributed by atoms with van der Waals surface area (Å²) in [6.07, 6.45) is -1.16. The van der Waals surface area contributed by atoms with Crippen LogP contribution in [0.3, 0.4) is 0 Å². The van der Waals surface area contributed by atoms with E-state index < -0.39 is 6.09 Å². The molecule has 1 aromatic carbocycles. The van der Waals surface area contributed by atoms with Gasteiger partial charge in [0.15, 0.2) is 0 Å². The van der Waals surface area contributed by atoms with Gasteiger partial charge in [-0.25, -0.2) is 9.18 Å². The molecule has 1 amide bonds. The van der Waals surface area contributed by atoms with Gasteiger partial charge in [0, 0.05) is 0 Å². The van der Waals surface area contributed by atoms with Crippen molar-refractivity contribution in [2.75, 3.05) is 6.54 Å². The second-order valence-corrected chi connectivity index (χ2v) is 3.37. The lowest BCUT2D eigenvalue weighted by molar-refractivity contribution is 0.200. The molecule has 6 heteroatoms. The number of benzene rings is 1. The molecule has 0 spiro atoms. The molecule has 0 fully saturated rings. The van der Waals surface area contributed by atoms with Crippen LogP contribution in [0.15, 0.2) is 29.3 Å². The largest absolute Gasteiger partial charge is 0.465 e. The molecule has 2 rings (SSSR count). The van der Waals surface area contributed by atoms with E-state index in [0.717, 1.165) is 5.56 Å². The summed E-state index contributed by atoms with van der Waals surface area (Å²) < 4.78 is 12.7.